The third-order valence-corrected chi connectivity index (χ3v) is 3.97. The largest absolute Gasteiger partial charge is 0.504 e. The van der Waals surface area contributed by atoms with Crippen molar-refractivity contribution >= 4 is 12.4 Å². The number of hydrogen-bond donors (Lipinski definition) is 2. The van der Waals surface area contributed by atoms with Crippen molar-refractivity contribution in [2.45, 2.75) is 20.3 Å². The predicted molar refractivity (Wildman–Crippen MR) is 108 cm³/mol. The molecule has 0 unspecified atom stereocenters. The summed E-state index contributed by atoms with van der Waals surface area (Å²) in [6, 6.07) is 7.26. The van der Waals surface area contributed by atoms with Crippen LogP contribution in [0.25, 0.3) is 0 Å². The van der Waals surface area contributed by atoms with E-state index >= 15 is 0 Å². The molecule has 0 aliphatic carbocycles. The molecular weight excluding hydrogens is 344 g/mol. The topological polar surface area (TPSA) is 83.6 Å². The Balaban J connectivity index is 1.90. The van der Waals surface area contributed by atoms with Crippen LogP contribution in [0.15, 0.2) is 34.3 Å². The summed E-state index contributed by atoms with van der Waals surface area (Å²) in [7, 11) is 3.05. The first-order valence-corrected chi connectivity index (χ1v) is 8.71. The molecule has 6 nitrogen and oxygen atoms in total. The van der Waals surface area contributed by atoms with Crippen LogP contribution in [0.5, 0.6) is 23.0 Å². The van der Waals surface area contributed by atoms with Gasteiger partial charge in [-0.25, -0.2) is 0 Å². The first kappa shape index (κ1) is 20.3. The van der Waals surface area contributed by atoms with Crippen LogP contribution in [0.2, 0.25) is 0 Å². The molecule has 0 aromatic heterocycles. The fourth-order valence-corrected chi connectivity index (χ4v) is 2.63. The summed E-state index contributed by atoms with van der Waals surface area (Å²) in [6.45, 7) is 5.03. The minimum Gasteiger partial charge on any atom is -0.504 e. The number of methoxy groups -OCH3 is 2. The van der Waals surface area contributed by atoms with E-state index in [0.29, 0.717) is 35.7 Å². The molecule has 0 saturated carbocycles. The minimum absolute atomic E-state index is 0.0914. The Morgan fingerprint density at radius 3 is 1.56 bits per heavy atom. The standard InChI is InChI=1S/C21H26N2O4/c1-14-8-16(20(24)18(10-14)26-3)12-22-6-5-7-23-13-17-9-15(2)11-19(27-4)21(17)25/h8-13,24-25H,5-7H2,1-4H3. The Bertz CT molecular complexity index is 775. The summed E-state index contributed by atoms with van der Waals surface area (Å²) in [5.74, 6) is 1.06. The van der Waals surface area contributed by atoms with E-state index in [2.05, 4.69) is 9.98 Å². The highest BCUT2D eigenvalue weighted by atomic mass is 16.5. The molecule has 0 spiro atoms. The lowest BCUT2D eigenvalue weighted by Gasteiger charge is -2.07. The van der Waals surface area contributed by atoms with Gasteiger partial charge in [-0.1, -0.05) is 0 Å². The van der Waals surface area contributed by atoms with Crippen LogP contribution < -0.4 is 9.47 Å². The molecule has 0 fully saturated rings. The molecule has 2 rings (SSSR count). The van der Waals surface area contributed by atoms with Gasteiger partial charge in [0.25, 0.3) is 0 Å². The summed E-state index contributed by atoms with van der Waals surface area (Å²) in [6.07, 6.45) is 4.04. The molecule has 0 bridgehead atoms. The zero-order valence-electron chi connectivity index (χ0n) is 16.2. The molecule has 2 N–H and O–H groups in total. The highest BCUT2D eigenvalue weighted by Gasteiger charge is 2.08. The molecule has 2 aromatic rings. The maximum absolute atomic E-state index is 10.1. The molecule has 6 heteroatoms. The Hall–Kier alpha value is -3.02. The van der Waals surface area contributed by atoms with Gasteiger partial charge in [-0.3, -0.25) is 9.98 Å². The van der Waals surface area contributed by atoms with E-state index in [1.807, 2.05) is 26.0 Å². The average Bonchev–Trinajstić information content (AvgIpc) is 2.65. The molecule has 0 atom stereocenters. The Kier molecular flexibility index (Phi) is 7.23. The third-order valence-electron chi connectivity index (χ3n) is 3.97. The number of phenols is 2. The van der Waals surface area contributed by atoms with Crippen LogP contribution in [-0.2, 0) is 0 Å². The Morgan fingerprint density at radius 1 is 0.778 bits per heavy atom. The van der Waals surface area contributed by atoms with Crippen LogP contribution >= 0.6 is 0 Å². The number of phenolic OH excluding ortho intramolecular Hbond substituents is 2. The van der Waals surface area contributed by atoms with E-state index in [-0.39, 0.29) is 11.5 Å². The number of rotatable bonds is 8. The SMILES string of the molecule is COc1cc(C)cc(C=NCCCN=Cc2cc(C)cc(OC)c2O)c1O. The van der Waals surface area contributed by atoms with Crippen molar-refractivity contribution in [1.82, 2.24) is 0 Å². The van der Waals surface area contributed by atoms with Crippen molar-refractivity contribution in [3.05, 3.63) is 46.5 Å². The molecule has 0 amide bonds. The van der Waals surface area contributed by atoms with Gasteiger partial charge in [0.1, 0.15) is 0 Å². The fourth-order valence-electron chi connectivity index (χ4n) is 2.63. The van der Waals surface area contributed by atoms with Gasteiger partial charge in [0.2, 0.25) is 0 Å². The molecular formula is C21H26N2O4. The van der Waals surface area contributed by atoms with Gasteiger partial charge in [0.05, 0.1) is 14.2 Å². The van der Waals surface area contributed by atoms with Gasteiger partial charge in [-0.05, 0) is 55.7 Å². The van der Waals surface area contributed by atoms with Crippen LogP contribution in [0, 0.1) is 13.8 Å². The van der Waals surface area contributed by atoms with E-state index < -0.39 is 0 Å². The fraction of sp³-hybridized carbons (Fsp3) is 0.333. The van der Waals surface area contributed by atoms with Crippen molar-refractivity contribution in [3.8, 4) is 23.0 Å². The van der Waals surface area contributed by atoms with Gasteiger partial charge in [-0.2, -0.15) is 0 Å². The van der Waals surface area contributed by atoms with E-state index in [1.54, 1.807) is 24.6 Å². The second kappa shape index (κ2) is 9.62. The highest BCUT2D eigenvalue weighted by molar-refractivity contribution is 5.86. The minimum atomic E-state index is 0.0914. The number of ether oxygens (including phenoxy) is 2. The predicted octanol–water partition coefficient (Wildman–Crippen LogP) is 3.66. The maximum Gasteiger partial charge on any atom is 0.166 e. The molecule has 27 heavy (non-hydrogen) atoms. The van der Waals surface area contributed by atoms with Crippen molar-refractivity contribution in [2.24, 2.45) is 9.98 Å². The first-order valence-electron chi connectivity index (χ1n) is 8.71. The zero-order chi connectivity index (χ0) is 19.8. The van der Waals surface area contributed by atoms with Crippen LogP contribution in [0.3, 0.4) is 0 Å². The lowest BCUT2D eigenvalue weighted by Crippen LogP contribution is -1.94. The van der Waals surface area contributed by atoms with E-state index in [1.165, 1.54) is 14.2 Å². The van der Waals surface area contributed by atoms with Crippen molar-refractivity contribution in [2.75, 3.05) is 27.3 Å². The van der Waals surface area contributed by atoms with Gasteiger partial charge in [-0.15, -0.1) is 0 Å². The number of aromatic hydroxyl groups is 2. The lowest BCUT2D eigenvalue weighted by molar-refractivity contribution is 0.373. The maximum atomic E-state index is 10.1. The van der Waals surface area contributed by atoms with E-state index in [9.17, 15) is 10.2 Å². The quantitative estimate of drug-likeness (QED) is 0.549. The Morgan fingerprint density at radius 2 is 1.19 bits per heavy atom. The third kappa shape index (κ3) is 5.48. The molecule has 0 radical (unpaired) electrons. The molecule has 0 aliphatic heterocycles. The zero-order valence-corrected chi connectivity index (χ0v) is 16.2. The average molecular weight is 370 g/mol. The number of hydrogen-bond acceptors (Lipinski definition) is 6. The summed E-state index contributed by atoms with van der Waals surface area (Å²) in [5, 5.41) is 20.2. The first-order chi connectivity index (χ1) is 13.0. The van der Waals surface area contributed by atoms with Crippen LogP contribution in [0.1, 0.15) is 28.7 Å². The molecule has 0 aliphatic rings. The van der Waals surface area contributed by atoms with Crippen LogP contribution in [-0.4, -0.2) is 50.0 Å². The van der Waals surface area contributed by atoms with Gasteiger partial charge >= 0.3 is 0 Å². The summed E-state index contributed by atoms with van der Waals surface area (Å²) < 4.78 is 10.3. The second-order valence-corrected chi connectivity index (χ2v) is 6.23. The second-order valence-electron chi connectivity index (χ2n) is 6.23. The molecule has 0 saturated heterocycles. The number of aliphatic imine (C=N–C) groups is 2. The van der Waals surface area contributed by atoms with E-state index in [4.69, 9.17) is 9.47 Å². The molecule has 0 heterocycles. The normalized spacial score (nSPS) is 11.4. The summed E-state index contributed by atoms with van der Waals surface area (Å²) >= 11 is 0. The smallest absolute Gasteiger partial charge is 0.166 e. The molecule has 144 valence electrons. The monoisotopic (exact) mass is 370 g/mol. The Labute approximate surface area is 159 Å². The summed E-state index contributed by atoms with van der Waals surface area (Å²) in [5.41, 5.74) is 3.24. The van der Waals surface area contributed by atoms with E-state index in [0.717, 1.165) is 17.5 Å². The van der Waals surface area contributed by atoms with Crippen molar-refractivity contribution in [3.63, 3.8) is 0 Å². The number of benzene rings is 2. The summed E-state index contributed by atoms with van der Waals surface area (Å²) in [4.78, 5) is 8.68. The van der Waals surface area contributed by atoms with Crippen LogP contribution in [0.4, 0.5) is 0 Å². The lowest BCUT2D eigenvalue weighted by atomic mass is 10.1. The highest BCUT2D eigenvalue weighted by Crippen LogP contribution is 2.31. The van der Waals surface area contributed by atoms with Crippen molar-refractivity contribution in [1.29, 1.82) is 0 Å². The van der Waals surface area contributed by atoms with Gasteiger partial charge < -0.3 is 19.7 Å². The van der Waals surface area contributed by atoms with Gasteiger partial charge in [0, 0.05) is 36.6 Å². The number of nitrogens with zero attached hydrogens (tertiary/aromatic N) is 2. The number of aryl methyl sites for hydroxylation is 2. The van der Waals surface area contributed by atoms with Crippen molar-refractivity contribution < 1.29 is 19.7 Å². The van der Waals surface area contributed by atoms with Gasteiger partial charge in [0.15, 0.2) is 23.0 Å². The molecule has 2 aromatic carbocycles.